The van der Waals surface area contributed by atoms with Gasteiger partial charge in [-0.3, -0.25) is 9.67 Å². The monoisotopic (exact) mass is 354 g/mol. The van der Waals surface area contributed by atoms with Crippen LogP contribution < -0.4 is 11.1 Å². The van der Waals surface area contributed by atoms with Gasteiger partial charge in [-0.05, 0) is 17.7 Å². The summed E-state index contributed by atoms with van der Waals surface area (Å²) in [6, 6.07) is 7.10. The molecular formula is C17H18N6O3. The van der Waals surface area contributed by atoms with Gasteiger partial charge in [-0.15, -0.1) is 0 Å². The van der Waals surface area contributed by atoms with E-state index < -0.39 is 6.23 Å². The van der Waals surface area contributed by atoms with E-state index in [1.807, 2.05) is 6.07 Å². The van der Waals surface area contributed by atoms with Crippen LogP contribution in [0.2, 0.25) is 0 Å². The Bertz CT molecular complexity index is 911. The minimum Gasteiger partial charge on any atom is -0.465 e. The van der Waals surface area contributed by atoms with Crippen LogP contribution in [0, 0.1) is 0 Å². The first-order valence-electron chi connectivity index (χ1n) is 7.77. The summed E-state index contributed by atoms with van der Waals surface area (Å²) in [6.07, 6.45) is 5.09. The SMILES string of the molecule is COC(=O)c1cccc(Cn2cc(NC(O)c3nccnc3N)cn2)c1. The molecule has 0 aliphatic carbocycles. The van der Waals surface area contributed by atoms with Gasteiger partial charge in [0.25, 0.3) is 0 Å². The highest BCUT2D eigenvalue weighted by molar-refractivity contribution is 5.89. The number of aliphatic hydroxyl groups excluding tert-OH is 1. The molecule has 0 saturated carbocycles. The number of carbonyl (C=O) groups excluding carboxylic acids is 1. The van der Waals surface area contributed by atoms with Crippen LogP contribution in [0.3, 0.4) is 0 Å². The molecule has 1 unspecified atom stereocenters. The summed E-state index contributed by atoms with van der Waals surface area (Å²) >= 11 is 0. The van der Waals surface area contributed by atoms with Crippen LogP contribution in [0.25, 0.3) is 0 Å². The summed E-state index contributed by atoms with van der Waals surface area (Å²) in [5.74, 6) is -0.237. The topological polar surface area (TPSA) is 128 Å². The number of methoxy groups -OCH3 is 1. The summed E-state index contributed by atoms with van der Waals surface area (Å²) in [6.45, 7) is 0.454. The van der Waals surface area contributed by atoms with Crippen LogP contribution in [0.15, 0.2) is 49.1 Å². The molecule has 0 saturated heterocycles. The third-order valence-corrected chi connectivity index (χ3v) is 3.64. The molecular weight excluding hydrogens is 336 g/mol. The summed E-state index contributed by atoms with van der Waals surface area (Å²) in [4.78, 5) is 19.5. The van der Waals surface area contributed by atoms with Gasteiger partial charge < -0.3 is 20.9 Å². The van der Waals surface area contributed by atoms with Crippen molar-refractivity contribution in [2.24, 2.45) is 0 Å². The molecule has 0 amide bonds. The lowest BCUT2D eigenvalue weighted by Crippen LogP contribution is -2.14. The fourth-order valence-electron chi connectivity index (χ4n) is 2.42. The minimum absolute atomic E-state index is 0.152. The molecule has 3 aromatic rings. The molecule has 0 aliphatic rings. The molecule has 3 rings (SSSR count). The van der Waals surface area contributed by atoms with Crippen LogP contribution in [0.1, 0.15) is 27.8 Å². The quantitative estimate of drug-likeness (QED) is 0.445. The number of aliphatic hydroxyl groups is 1. The second-order valence-corrected chi connectivity index (χ2v) is 5.49. The van der Waals surface area contributed by atoms with Crippen molar-refractivity contribution in [2.45, 2.75) is 12.8 Å². The van der Waals surface area contributed by atoms with E-state index >= 15 is 0 Å². The molecule has 9 heteroatoms. The molecule has 1 aromatic carbocycles. The Balaban J connectivity index is 1.69. The second-order valence-electron chi connectivity index (χ2n) is 5.49. The molecule has 0 bridgehead atoms. The number of nitrogen functional groups attached to an aromatic ring is 1. The lowest BCUT2D eigenvalue weighted by atomic mass is 10.1. The third-order valence-electron chi connectivity index (χ3n) is 3.64. The second kappa shape index (κ2) is 7.62. The smallest absolute Gasteiger partial charge is 0.337 e. The van der Waals surface area contributed by atoms with Crippen molar-refractivity contribution < 1.29 is 14.6 Å². The largest absolute Gasteiger partial charge is 0.465 e. The van der Waals surface area contributed by atoms with Crippen molar-refractivity contribution in [3.63, 3.8) is 0 Å². The molecule has 2 aromatic heterocycles. The van der Waals surface area contributed by atoms with Gasteiger partial charge >= 0.3 is 5.97 Å². The molecule has 4 N–H and O–H groups in total. The Morgan fingerprint density at radius 2 is 2.19 bits per heavy atom. The van der Waals surface area contributed by atoms with E-state index in [9.17, 15) is 9.90 Å². The Labute approximate surface area is 149 Å². The number of hydrogen-bond donors (Lipinski definition) is 3. The molecule has 0 radical (unpaired) electrons. The highest BCUT2D eigenvalue weighted by atomic mass is 16.5. The maximum Gasteiger partial charge on any atom is 0.337 e. The van der Waals surface area contributed by atoms with Gasteiger partial charge in [-0.1, -0.05) is 12.1 Å². The number of nitrogens with one attached hydrogen (secondary N) is 1. The van der Waals surface area contributed by atoms with Gasteiger partial charge in [0.05, 0.1) is 31.1 Å². The first kappa shape index (κ1) is 17.4. The Kier molecular flexibility index (Phi) is 5.09. The number of benzene rings is 1. The van der Waals surface area contributed by atoms with Crippen LogP contribution in [0.4, 0.5) is 11.5 Å². The van der Waals surface area contributed by atoms with Crippen LogP contribution in [-0.2, 0) is 11.3 Å². The number of nitrogens with two attached hydrogens (primary N) is 1. The highest BCUT2D eigenvalue weighted by Gasteiger charge is 2.14. The van der Waals surface area contributed by atoms with Crippen molar-refractivity contribution in [1.82, 2.24) is 19.7 Å². The number of ether oxygens (including phenoxy) is 1. The predicted octanol–water partition coefficient (Wildman–Crippen LogP) is 1.19. The maximum atomic E-state index is 11.6. The highest BCUT2D eigenvalue weighted by Crippen LogP contribution is 2.18. The normalized spacial score (nSPS) is 11.8. The zero-order chi connectivity index (χ0) is 18.5. The number of esters is 1. The van der Waals surface area contributed by atoms with Gasteiger partial charge in [-0.2, -0.15) is 5.10 Å². The fraction of sp³-hybridized carbons (Fsp3) is 0.176. The van der Waals surface area contributed by atoms with Crippen molar-refractivity contribution in [3.05, 3.63) is 65.9 Å². The summed E-state index contributed by atoms with van der Waals surface area (Å²) < 4.78 is 6.39. The Morgan fingerprint density at radius 3 is 2.96 bits per heavy atom. The average molecular weight is 354 g/mol. The van der Waals surface area contributed by atoms with Crippen molar-refractivity contribution in [3.8, 4) is 0 Å². The number of hydrogen-bond acceptors (Lipinski definition) is 8. The molecule has 0 spiro atoms. The number of anilines is 2. The molecule has 2 heterocycles. The van der Waals surface area contributed by atoms with Crippen LogP contribution in [0.5, 0.6) is 0 Å². The molecule has 0 fully saturated rings. The first-order chi connectivity index (χ1) is 12.6. The molecule has 1 atom stereocenters. The van der Waals surface area contributed by atoms with Gasteiger partial charge in [0.15, 0.2) is 6.23 Å². The van der Waals surface area contributed by atoms with Crippen LogP contribution >= 0.6 is 0 Å². The molecule has 134 valence electrons. The Hall–Kier alpha value is -3.46. The van der Waals surface area contributed by atoms with Gasteiger partial charge in [0, 0.05) is 18.6 Å². The summed E-state index contributed by atoms with van der Waals surface area (Å²) in [5.41, 5.74) is 7.90. The van der Waals surface area contributed by atoms with Gasteiger partial charge in [0.1, 0.15) is 11.5 Å². The zero-order valence-electron chi connectivity index (χ0n) is 14.0. The lowest BCUT2D eigenvalue weighted by Gasteiger charge is -2.12. The third kappa shape index (κ3) is 3.95. The first-order valence-corrected chi connectivity index (χ1v) is 7.77. The number of nitrogens with zero attached hydrogens (tertiary/aromatic N) is 4. The standard InChI is InChI=1S/C17H18N6O3/c1-26-17(25)12-4-2-3-11(7-12)9-23-10-13(8-21-23)22-16(24)14-15(18)20-6-5-19-14/h2-8,10,16,22,24H,9H2,1H3,(H2,18,20). The molecule has 9 nitrogen and oxygen atoms in total. The van der Waals surface area contributed by atoms with Gasteiger partial charge in [0.2, 0.25) is 0 Å². The van der Waals surface area contributed by atoms with Crippen molar-refractivity contribution in [2.75, 3.05) is 18.2 Å². The van der Waals surface area contributed by atoms with E-state index in [0.717, 1.165) is 5.56 Å². The van der Waals surface area contributed by atoms with E-state index in [0.29, 0.717) is 17.8 Å². The van der Waals surface area contributed by atoms with Gasteiger partial charge in [-0.25, -0.2) is 9.78 Å². The number of carbonyl (C=O) groups is 1. The van der Waals surface area contributed by atoms with E-state index in [-0.39, 0.29) is 17.5 Å². The van der Waals surface area contributed by atoms with E-state index in [4.69, 9.17) is 10.5 Å². The average Bonchev–Trinajstić information content (AvgIpc) is 3.08. The lowest BCUT2D eigenvalue weighted by molar-refractivity contribution is 0.0600. The van der Waals surface area contributed by atoms with Crippen molar-refractivity contribution in [1.29, 1.82) is 0 Å². The summed E-state index contributed by atoms with van der Waals surface area (Å²) in [7, 11) is 1.34. The van der Waals surface area contributed by atoms with Crippen molar-refractivity contribution >= 4 is 17.5 Å². The molecule has 26 heavy (non-hydrogen) atoms. The predicted molar refractivity (Wildman–Crippen MR) is 94.1 cm³/mol. The van der Waals surface area contributed by atoms with E-state index in [1.54, 1.807) is 35.3 Å². The zero-order valence-corrected chi connectivity index (χ0v) is 14.0. The molecule has 0 aliphatic heterocycles. The Morgan fingerprint density at radius 1 is 1.38 bits per heavy atom. The fourth-order valence-corrected chi connectivity index (χ4v) is 2.42. The maximum absolute atomic E-state index is 11.6. The minimum atomic E-state index is -1.11. The number of rotatable bonds is 6. The van der Waals surface area contributed by atoms with Crippen LogP contribution in [-0.4, -0.2) is 37.9 Å². The van der Waals surface area contributed by atoms with E-state index in [2.05, 4.69) is 20.4 Å². The van der Waals surface area contributed by atoms with E-state index in [1.165, 1.54) is 19.5 Å². The summed E-state index contributed by atoms with van der Waals surface area (Å²) in [5, 5.41) is 17.3. The number of aromatic nitrogens is 4.